The zero-order valence-corrected chi connectivity index (χ0v) is 18.9. The molecule has 0 unspecified atom stereocenters. The molecular weight excluding hydrogens is 414 g/mol. The summed E-state index contributed by atoms with van der Waals surface area (Å²) in [5.41, 5.74) is 2.78. The van der Waals surface area contributed by atoms with Crippen molar-refractivity contribution in [1.82, 2.24) is 19.9 Å². The molecular formula is C26H29N5O2. The van der Waals surface area contributed by atoms with Crippen LogP contribution in [0.4, 0.5) is 5.69 Å². The maximum Gasteiger partial charge on any atom is 0.259 e. The summed E-state index contributed by atoms with van der Waals surface area (Å²) in [6, 6.07) is 15.0. The highest BCUT2D eigenvalue weighted by Crippen LogP contribution is 2.30. The molecule has 0 spiro atoms. The van der Waals surface area contributed by atoms with Gasteiger partial charge in [0, 0.05) is 36.7 Å². The Morgan fingerprint density at radius 2 is 1.88 bits per heavy atom. The maximum absolute atomic E-state index is 13.0. The van der Waals surface area contributed by atoms with Gasteiger partial charge in [-0.05, 0) is 63.3 Å². The fourth-order valence-electron chi connectivity index (χ4n) is 4.20. The lowest BCUT2D eigenvalue weighted by molar-refractivity contribution is -0.135. The van der Waals surface area contributed by atoms with Gasteiger partial charge >= 0.3 is 0 Å². The average molecular weight is 444 g/mol. The van der Waals surface area contributed by atoms with E-state index in [0.29, 0.717) is 30.0 Å². The first-order valence-electron chi connectivity index (χ1n) is 11.5. The zero-order chi connectivity index (χ0) is 23.0. The molecule has 1 N–H and O–H groups in total. The number of aryl methyl sites for hydroxylation is 2. The molecule has 1 atom stereocenters. The third kappa shape index (κ3) is 5.80. The second-order valence-corrected chi connectivity index (χ2v) is 8.32. The predicted molar refractivity (Wildman–Crippen MR) is 127 cm³/mol. The molecule has 170 valence electrons. The summed E-state index contributed by atoms with van der Waals surface area (Å²) in [4.78, 5) is 41.1. The molecule has 7 heteroatoms. The quantitative estimate of drug-likeness (QED) is 0.580. The number of piperidine rings is 1. The number of nitrogens with one attached hydrogen (secondary N) is 1. The summed E-state index contributed by atoms with van der Waals surface area (Å²) in [7, 11) is 0. The van der Waals surface area contributed by atoms with Crippen LogP contribution in [0.15, 0.2) is 60.9 Å². The van der Waals surface area contributed by atoms with Crippen LogP contribution in [-0.2, 0) is 11.2 Å². The van der Waals surface area contributed by atoms with Crippen molar-refractivity contribution in [3.63, 3.8) is 0 Å². The van der Waals surface area contributed by atoms with Gasteiger partial charge in [0.25, 0.3) is 5.91 Å². The van der Waals surface area contributed by atoms with Gasteiger partial charge < -0.3 is 10.2 Å². The van der Waals surface area contributed by atoms with Crippen molar-refractivity contribution in [2.75, 3.05) is 11.9 Å². The Hall–Kier alpha value is -3.61. The molecule has 7 nitrogen and oxygen atoms in total. The van der Waals surface area contributed by atoms with Crippen LogP contribution in [0.5, 0.6) is 0 Å². The van der Waals surface area contributed by atoms with Crippen molar-refractivity contribution in [3.8, 4) is 0 Å². The normalized spacial score (nSPS) is 15.8. The van der Waals surface area contributed by atoms with Gasteiger partial charge in [-0.15, -0.1) is 0 Å². The van der Waals surface area contributed by atoms with Crippen molar-refractivity contribution >= 4 is 17.5 Å². The minimum atomic E-state index is -0.239. The lowest BCUT2D eigenvalue weighted by Gasteiger charge is -2.35. The Bertz CT molecular complexity index is 1090. The lowest BCUT2D eigenvalue weighted by Crippen LogP contribution is -2.39. The largest absolute Gasteiger partial charge is 0.332 e. The van der Waals surface area contributed by atoms with E-state index in [1.165, 1.54) is 0 Å². The molecule has 1 saturated heterocycles. The van der Waals surface area contributed by atoms with E-state index in [2.05, 4.69) is 20.3 Å². The third-order valence-corrected chi connectivity index (χ3v) is 5.95. The molecule has 4 rings (SSSR count). The molecule has 0 bridgehead atoms. The number of anilines is 1. The minimum absolute atomic E-state index is 0.128. The Kier molecular flexibility index (Phi) is 7.40. The highest BCUT2D eigenvalue weighted by molar-refractivity contribution is 6.04. The number of pyridine rings is 1. The summed E-state index contributed by atoms with van der Waals surface area (Å²) in [5, 5.41) is 2.87. The van der Waals surface area contributed by atoms with Crippen molar-refractivity contribution < 1.29 is 9.59 Å². The van der Waals surface area contributed by atoms with E-state index < -0.39 is 0 Å². The van der Waals surface area contributed by atoms with E-state index >= 15 is 0 Å². The van der Waals surface area contributed by atoms with Gasteiger partial charge in [-0.3, -0.25) is 14.6 Å². The van der Waals surface area contributed by atoms with Crippen LogP contribution >= 0.6 is 0 Å². The van der Waals surface area contributed by atoms with E-state index in [9.17, 15) is 9.59 Å². The maximum atomic E-state index is 13.0. The van der Waals surface area contributed by atoms with Gasteiger partial charge in [0.1, 0.15) is 0 Å². The second kappa shape index (κ2) is 10.8. The Balaban J connectivity index is 1.42. The van der Waals surface area contributed by atoms with Crippen molar-refractivity contribution in [1.29, 1.82) is 0 Å². The van der Waals surface area contributed by atoms with Crippen molar-refractivity contribution in [2.45, 2.75) is 51.5 Å². The SMILES string of the molecule is Cc1nc([C@H]2CCCCN2C(=O)CCCc2ccccn2)ncc1C(=O)Nc1ccccc1. The number of aromatic nitrogens is 3. The molecule has 1 aliphatic heterocycles. The van der Waals surface area contributed by atoms with E-state index in [1.54, 1.807) is 12.4 Å². The number of likely N-dealkylation sites (tertiary alicyclic amines) is 1. The number of para-hydroxylation sites is 1. The number of hydrogen-bond donors (Lipinski definition) is 1. The van der Waals surface area contributed by atoms with Gasteiger partial charge in [0.15, 0.2) is 5.82 Å². The fraction of sp³-hybridized carbons (Fsp3) is 0.346. The first-order valence-corrected chi connectivity index (χ1v) is 11.5. The molecule has 1 aromatic carbocycles. The van der Waals surface area contributed by atoms with Gasteiger partial charge in [-0.2, -0.15) is 0 Å². The molecule has 1 fully saturated rings. The average Bonchev–Trinajstić information content (AvgIpc) is 2.85. The predicted octanol–water partition coefficient (Wildman–Crippen LogP) is 4.51. The number of carbonyl (C=O) groups excluding carboxylic acids is 2. The van der Waals surface area contributed by atoms with Crippen LogP contribution in [0, 0.1) is 6.92 Å². The second-order valence-electron chi connectivity index (χ2n) is 8.32. The summed E-state index contributed by atoms with van der Waals surface area (Å²) in [5.74, 6) is 0.501. The first-order chi connectivity index (χ1) is 16.1. The molecule has 2 amide bonds. The van der Waals surface area contributed by atoms with Crippen molar-refractivity contribution in [3.05, 3.63) is 83.7 Å². The number of nitrogens with zero attached hydrogens (tertiary/aromatic N) is 4. The molecule has 3 aromatic rings. The fourth-order valence-corrected chi connectivity index (χ4v) is 4.20. The molecule has 0 radical (unpaired) electrons. The van der Waals surface area contributed by atoms with E-state index in [-0.39, 0.29) is 17.9 Å². The van der Waals surface area contributed by atoms with E-state index in [0.717, 1.165) is 43.5 Å². The number of benzene rings is 1. The molecule has 0 aliphatic carbocycles. The monoisotopic (exact) mass is 443 g/mol. The third-order valence-electron chi connectivity index (χ3n) is 5.95. The Morgan fingerprint density at radius 3 is 2.64 bits per heavy atom. The van der Waals surface area contributed by atoms with Crippen LogP contribution in [0.2, 0.25) is 0 Å². The van der Waals surface area contributed by atoms with Crippen LogP contribution in [0.1, 0.15) is 65.7 Å². The summed E-state index contributed by atoms with van der Waals surface area (Å²) >= 11 is 0. The summed E-state index contributed by atoms with van der Waals surface area (Å²) in [6.07, 6.45) is 8.23. The van der Waals surface area contributed by atoms with E-state index in [1.807, 2.05) is 60.4 Å². The molecule has 3 heterocycles. The number of amides is 2. The smallest absolute Gasteiger partial charge is 0.259 e. The molecule has 33 heavy (non-hydrogen) atoms. The minimum Gasteiger partial charge on any atom is -0.332 e. The zero-order valence-electron chi connectivity index (χ0n) is 18.9. The Morgan fingerprint density at radius 1 is 1.06 bits per heavy atom. The number of carbonyl (C=O) groups is 2. The molecule has 1 aliphatic rings. The molecule has 0 saturated carbocycles. The highest BCUT2D eigenvalue weighted by atomic mass is 16.2. The summed E-state index contributed by atoms with van der Waals surface area (Å²) in [6.45, 7) is 2.53. The number of hydrogen-bond acceptors (Lipinski definition) is 5. The standard InChI is InChI=1S/C26H29N5O2/c1-19-22(26(33)30-21-11-3-2-4-12-21)18-28-25(29-19)23-14-6-8-17-31(23)24(32)15-9-13-20-10-5-7-16-27-20/h2-5,7,10-12,16,18,23H,6,8-9,13-15,17H2,1H3,(H,30,33)/t23-/m1/s1. The number of rotatable bonds is 7. The molecule has 2 aromatic heterocycles. The Labute approximate surface area is 194 Å². The van der Waals surface area contributed by atoms with Crippen LogP contribution in [0.25, 0.3) is 0 Å². The van der Waals surface area contributed by atoms with E-state index in [4.69, 9.17) is 0 Å². The van der Waals surface area contributed by atoms with Crippen LogP contribution < -0.4 is 5.32 Å². The topological polar surface area (TPSA) is 88.1 Å². The van der Waals surface area contributed by atoms with Crippen molar-refractivity contribution in [2.24, 2.45) is 0 Å². The van der Waals surface area contributed by atoms with Gasteiger partial charge in [-0.25, -0.2) is 9.97 Å². The van der Waals surface area contributed by atoms with Gasteiger partial charge in [0.05, 0.1) is 17.3 Å². The summed E-state index contributed by atoms with van der Waals surface area (Å²) < 4.78 is 0. The van der Waals surface area contributed by atoms with Crippen LogP contribution in [0.3, 0.4) is 0 Å². The van der Waals surface area contributed by atoms with Crippen LogP contribution in [-0.4, -0.2) is 38.2 Å². The highest BCUT2D eigenvalue weighted by Gasteiger charge is 2.30. The van der Waals surface area contributed by atoms with Gasteiger partial charge in [-0.1, -0.05) is 24.3 Å². The van der Waals surface area contributed by atoms with Gasteiger partial charge in [0.2, 0.25) is 5.91 Å². The first kappa shape index (κ1) is 22.6. The lowest BCUT2D eigenvalue weighted by atomic mass is 10.00.